The van der Waals surface area contributed by atoms with E-state index < -0.39 is 20.5 Å². The van der Waals surface area contributed by atoms with Gasteiger partial charge in [-0.2, -0.15) is 0 Å². The SMILES string of the molecule is CC(C)(C)[Si](C)(C)O[C@@H]1C[C@H](O)C[C@H](O)C1. The van der Waals surface area contributed by atoms with E-state index in [4.69, 9.17) is 4.43 Å². The lowest BCUT2D eigenvalue weighted by molar-refractivity contribution is -0.0199. The molecule has 0 aromatic rings. The van der Waals surface area contributed by atoms with Gasteiger partial charge in [-0.05, 0) is 37.4 Å². The van der Waals surface area contributed by atoms with Gasteiger partial charge in [-0.25, -0.2) is 0 Å². The maximum Gasteiger partial charge on any atom is 0.192 e. The van der Waals surface area contributed by atoms with Crippen molar-refractivity contribution >= 4 is 8.32 Å². The smallest absolute Gasteiger partial charge is 0.192 e. The summed E-state index contributed by atoms with van der Waals surface area (Å²) in [4.78, 5) is 0. The van der Waals surface area contributed by atoms with Crippen LogP contribution in [0.2, 0.25) is 18.1 Å². The molecule has 4 heteroatoms. The van der Waals surface area contributed by atoms with Crippen LogP contribution in [0.15, 0.2) is 0 Å². The van der Waals surface area contributed by atoms with Crippen molar-refractivity contribution in [2.24, 2.45) is 0 Å². The highest BCUT2D eigenvalue weighted by Crippen LogP contribution is 2.39. The predicted octanol–water partition coefficient (Wildman–Crippen LogP) is 2.28. The lowest BCUT2D eigenvalue weighted by Crippen LogP contribution is -2.47. The van der Waals surface area contributed by atoms with Crippen LogP contribution in [0.5, 0.6) is 0 Å². The van der Waals surface area contributed by atoms with Crippen LogP contribution in [-0.2, 0) is 4.43 Å². The predicted molar refractivity (Wildman–Crippen MR) is 67.9 cm³/mol. The Kier molecular flexibility index (Phi) is 4.22. The second-order valence-corrected chi connectivity index (χ2v) is 11.3. The van der Waals surface area contributed by atoms with E-state index in [9.17, 15) is 10.2 Å². The Balaban J connectivity index is 2.60. The molecule has 3 nitrogen and oxygen atoms in total. The summed E-state index contributed by atoms with van der Waals surface area (Å²) < 4.78 is 6.20. The minimum absolute atomic E-state index is 0.0274. The standard InChI is InChI=1S/C12H26O3Si/c1-12(2,3)16(4,5)15-11-7-9(13)6-10(14)8-11/h9-11,13-14H,6-8H2,1-5H3/t9-,10+,11-. The zero-order valence-corrected chi connectivity index (χ0v) is 12.2. The topological polar surface area (TPSA) is 49.7 Å². The van der Waals surface area contributed by atoms with E-state index in [0.29, 0.717) is 19.3 Å². The van der Waals surface area contributed by atoms with Crippen LogP contribution >= 0.6 is 0 Å². The van der Waals surface area contributed by atoms with Crippen LogP contribution in [0.4, 0.5) is 0 Å². The van der Waals surface area contributed by atoms with E-state index in [0.717, 1.165) is 0 Å². The molecule has 1 aliphatic rings. The summed E-state index contributed by atoms with van der Waals surface area (Å²) in [6.45, 7) is 11.0. The molecule has 0 amide bonds. The van der Waals surface area contributed by atoms with Gasteiger partial charge in [-0.15, -0.1) is 0 Å². The molecule has 0 unspecified atom stereocenters. The zero-order chi connectivity index (χ0) is 12.6. The lowest BCUT2D eigenvalue weighted by atomic mass is 9.93. The van der Waals surface area contributed by atoms with Gasteiger partial charge >= 0.3 is 0 Å². The molecule has 1 rings (SSSR count). The number of rotatable bonds is 2. The molecule has 0 radical (unpaired) electrons. The highest BCUT2D eigenvalue weighted by atomic mass is 28.4. The third-order valence-electron chi connectivity index (χ3n) is 3.88. The minimum atomic E-state index is -1.77. The Bertz CT molecular complexity index is 225. The van der Waals surface area contributed by atoms with Gasteiger partial charge in [0, 0.05) is 6.10 Å². The molecule has 1 fully saturated rings. The van der Waals surface area contributed by atoms with Crippen molar-refractivity contribution in [2.45, 2.75) is 76.5 Å². The summed E-state index contributed by atoms with van der Waals surface area (Å²) in [5, 5.41) is 19.4. The van der Waals surface area contributed by atoms with Crippen molar-refractivity contribution < 1.29 is 14.6 Å². The first-order chi connectivity index (χ1) is 7.12. The molecule has 1 aliphatic carbocycles. The van der Waals surface area contributed by atoms with Crippen LogP contribution in [0.3, 0.4) is 0 Å². The van der Waals surface area contributed by atoms with Crippen molar-refractivity contribution in [3.8, 4) is 0 Å². The molecule has 0 saturated heterocycles. The number of hydrogen-bond acceptors (Lipinski definition) is 3. The summed E-state index contributed by atoms with van der Waals surface area (Å²) >= 11 is 0. The van der Waals surface area contributed by atoms with Gasteiger partial charge in [0.15, 0.2) is 8.32 Å². The van der Waals surface area contributed by atoms with Crippen LogP contribution in [-0.4, -0.2) is 36.8 Å². The molecular formula is C12H26O3Si. The highest BCUT2D eigenvalue weighted by molar-refractivity contribution is 6.74. The fraction of sp³-hybridized carbons (Fsp3) is 1.00. The number of aliphatic hydroxyl groups excluding tert-OH is 2. The van der Waals surface area contributed by atoms with Crippen molar-refractivity contribution in [2.75, 3.05) is 0 Å². The normalized spacial score (nSPS) is 32.8. The van der Waals surface area contributed by atoms with Gasteiger partial charge in [0.1, 0.15) is 0 Å². The van der Waals surface area contributed by atoms with Gasteiger partial charge in [0.25, 0.3) is 0 Å². The molecule has 0 aliphatic heterocycles. The Labute approximate surface area is 100.0 Å². The Hall–Kier alpha value is 0.0969. The Morgan fingerprint density at radius 2 is 1.44 bits per heavy atom. The van der Waals surface area contributed by atoms with Gasteiger partial charge in [0.05, 0.1) is 12.2 Å². The first-order valence-electron chi connectivity index (χ1n) is 6.16. The molecule has 0 bridgehead atoms. The Morgan fingerprint density at radius 1 is 1.00 bits per heavy atom. The summed E-state index contributed by atoms with van der Waals surface area (Å²) in [7, 11) is -1.77. The molecule has 0 aromatic carbocycles. The van der Waals surface area contributed by atoms with Gasteiger partial charge in [0.2, 0.25) is 0 Å². The summed E-state index contributed by atoms with van der Waals surface area (Å²) in [5.74, 6) is 0. The van der Waals surface area contributed by atoms with Gasteiger partial charge in [-0.1, -0.05) is 20.8 Å². The zero-order valence-electron chi connectivity index (χ0n) is 11.2. The van der Waals surface area contributed by atoms with Crippen molar-refractivity contribution in [1.29, 1.82) is 0 Å². The van der Waals surface area contributed by atoms with Crippen molar-refractivity contribution in [3.05, 3.63) is 0 Å². The lowest BCUT2D eigenvalue weighted by Gasteiger charge is -2.41. The molecule has 16 heavy (non-hydrogen) atoms. The fourth-order valence-electron chi connectivity index (χ4n) is 1.90. The van der Waals surface area contributed by atoms with Crippen LogP contribution in [0, 0.1) is 0 Å². The second kappa shape index (κ2) is 4.76. The molecule has 3 atom stereocenters. The Morgan fingerprint density at radius 3 is 1.81 bits per heavy atom. The average Bonchev–Trinajstić information content (AvgIpc) is 1.97. The molecule has 2 N–H and O–H groups in total. The van der Waals surface area contributed by atoms with Crippen LogP contribution < -0.4 is 0 Å². The second-order valence-electron chi connectivity index (χ2n) is 6.51. The summed E-state index contributed by atoms with van der Waals surface area (Å²) in [6.07, 6.45) is 1.06. The largest absolute Gasteiger partial charge is 0.414 e. The summed E-state index contributed by atoms with van der Waals surface area (Å²) in [5.41, 5.74) is 0. The fourth-order valence-corrected chi connectivity index (χ4v) is 3.28. The van der Waals surface area contributed by atoms with Crippen molar-refractivity contribution in [3.63, 3.8) is 0 Å². The molecule has 0 aromatic heterocycles. The maximum atomic E-state index is 9.63. The van der Waals surface area contributed by atoms with E-state index >= 15 is 0 Å². The summed E-state index contributed by atoms with van der Waals surface area (Å²) in [6, 6.07) is 0. The van der Waals surface area contributed by atoms with E-state index in [2.05, 4.69) is 33.9 Å². The monoisotopic (exact) mass is 246 g/mol. The van der Waals surface area contributed by atoms with E-state index in [1.165, 1.54) is 0 Å². The van der Waals surface area contributed by atoms with Crippen LogP contribution in [0.1, 0.15) is 40.0 Å². The molecular weight excluding hydrogens is 220 g/mol. The first-order valence-corrected chi connectivity index (χ1v) is 9.06. The quantitative estimate of drug-likeness (QED) is 0.735. The van der Waals surface area contributed by atoms with Crippen molar-refractivity contribution in [1.82, 2.24) is 0 Å². The van der Waals surface area contributed by atoms with E-state index in [1.54, 1.807) is 0 Å². The van der Waals surface area contributed by atoms with Crippen LogP contribution in [0.25, 0.3) is 0 Å². The molecule has 0 spiro atoms. The highest BCUT2D eigenvalue weighted by Gasteiger charge is 2.40. The number of hydrogen-bond donors (Lipinski definition) is 2. The molecule has 0 heterocycles. The molecule has 1 saturated carbocycles. The first kappa shape index (κ1) is 14.2. The van der Waals surface area contributed by atoms with Gasteiger partial charge in [-0.3, -0.25) is 0 Å². The number of aliphatic hydroxyl groups is 2. The average molecular weight is 246 g/mol. The molecule has 96 valence electrons. The third-order valence-corrected chi connectivity index (χ3v) is 8.42. The third kappa shape index (κ3) is 3.55. The maximum absolute atomic E-state index is 9.63. The van der Waals surface area contributed by atoms with Gasteiger partial charge < -0.3 is 14.6 Å². The van der Waals surface area contributed by atoms with E-state index in [1.807, 2.05) is 0 Å². The van der Waals surface area contributed by atoms with E-state index in [-0.39, 0.29) is 11.1 Å². The minimum Gasteiger partial charge on any atom is -0.414 e.